The zero-order valence-corrected chi connectivity index (χ0v) is 17.6. The molecule has 0 saturated heterocycles. The lowest BCUT2D eigenvalue weighted by atomic mass is 10.2. The Balaban J connectivity index is 1.59. The number of thioether (sulfide) groups is 1. The lowest BCUT2D eigenvalue weighted by Gasteiger charge is -2.08. The van der Waals surface area contributed by atoms with Crippen LogP contribution in [0.3, 0.4) is 0 Å². The predicted molar refractivity (Wildman–Crippen MR) is 111 cm³/mol. The molecule has 0 bridgehead atoms. The zero-order valence-electron chi connectivity index (χ0n) is 14.4. The van der Waals surface area contributed by atoms with Crippen molar-refractivity contribution in [1.82, 2.24) is 10.6 Å². The molecule has 1 aromatic carbocycles. The van der Waals surface area contributed by atoms with E-state index >= 15 is 0 Å². The number of hydrogen-bond acceptors (Lipinski definition) is 5. The number of nitrogens with one attached hydrogen (secondary N) is 2. The molecule has 26 heavy (non-hydrogen) atoms. The minimum atomic E-state index is -0.277. The summed E-state index contributed by atoms with van der Waals surface area (Å²) in [5.41, 5.74) is 0.499. The zero-order chi connectivity index (χ0) is 18.8. The number of benzene rings is 1. The fraction of sp³-hybridized carbons (Fsp3) is 0.333. The normalized spacial score (nSPS) is 10.4. The standard InChI is InChI=1S/C18H21BrN2O3S2/c1-2-24-14-5-3-13(4-6-14)18(23)21-11-17(22)20-9-10-25-12-15-7-8-16(19)26-15/h3-8H,2,9-12H2,1H3,(H,20,22)(H,21,23). The average Bonchev–Trinajstić information content (AvgIpc) is 3.05. The van der Waals surface area contributed by atoms with Crippen LogP contribution in [-0.2, 0) is 10.5 Å². The fourth-order valence-electron chi connectivity index (χ4n) is 2.06. The first-order chi connectivity index (χ1) is 12.6. The lowest BCUT2D eigenvalue weighted by Crippen LogP contribution is -2.37. The highest BCUT2D eigenvalue weighted by atomic mass is 79.9. The molecule has 5 nitrogen and oxygen atoms in total. The summed E-state index contributed by atoms with van der Waals surface area (Å²) in [7, 11) is 0. The van der Waals surface area contributed by atoms with Crippen LogP contribution >= 0.6 is 39.0 Å². The van der Waals surface area contributed by atoms with Gasteiger partial charge >= 0.3 is 0 Å². The maximum absolute atomic E-state index is 12.0. The van der Waals surface area contributed by atoms with E-state index in [1.54, 1.807) is 47.4 Å². The number of ether oxygens (including phenoxy) is 1. The number of thiophene rings is 1. The minimum Gasteiger partial charge on any atom is -0.494 e. The Morgan fingerprint density at radius 1 is 1.15 bits per heavy atom. The second kappa shape index (κ2) is 11.3. The van der Waals surface area contributed by atoms with Crippen molar-refractivity contribution in [2.45, 2.75) is 12.7 Å². The summed E-state index contributed by atoms with van der Waals surface area (Å²) in [6, 6.07) is 11.0. The van der Waals surface area contributed by atoms with E-state index in [1.165, 1.54) is 4.88 Å². The number of halogens is 1. The quantitative estimate of drug-likeness (QED) is 0.534. The first-order valence-corrected chi connectivity index (χ1v) is 10.9. The Bertz CT molecular complexity index is 719. The lowest BCUT2D eigenvalue weighted by molar-refractivity contribution is -0.120. The molecular weight excluding hydrogens is 436 g/mol. The van der Waals surface area contributed by atoms with Crippen molar-refractivity contribution in [3.8, 4) is 5.75 Å². The van der Waals surface area contributed by atoms with Crippen LogP contribution in [0.25, 0.3) is 0 Å². The van der Waals surface area contributed by atoms with Crippen LogP contribution in [-0.4, -0.2) is 37.3 Å². The van der Waals surface area contributed by atoms with E-state index in [0.29, 0.717) is 24.5 Å². The van der Waals surface area contributed by atoms with E-state index < -0.39 is 0 Å². The molecule has 2 N–H and O–H groups in total. The second-order valence-electron chi connectivity index (χ2n) is 5.25. The molecule has 1 heterocycles. The van der Waals surface area contributed by atoms with Gasteiger partial charge in [0.05, 0.1) is 16.9 Å². The number of hydrogen-bond donors (Lipinski definition) is 2. The minimum absolute atomic E-state index is 0.0332. The third-order valence-corrected chi connectivity index (χ3v) is 6.09. The number of carbonyl (C=O) groups is 2. The van der Waals surface area contributed by atoms with Gasteiger partial charge in [0.1, 0.15) is 5.75 Å². The van der Waals surface area contributed by atoms with Gasteiger partial charge in [0.25, 0.3) is 5.91 Å². The Kier molecular flexibility index (Phi) is 9.00. The van der Waals surface area contributed by atoms with E-state index in [2.05, 4.69) is 32.6 Å². The van der Waals surface area contributed by atoms with Crippen LogP contribution in [0, 0.1) is 0 Å². The Hall–Kier alpha value is -1.51. The second-order valence-corrected chi connectivity index (χ2v) is 8.90. The van der Waals surface area contributed by atoms with Crippen molar-refractivity contribution in [2.75, 3.05) is 25.4 Å². The van der Waals surface area contributed by atoms with Gasteiger partial charge in [-0.05, 0) is 59.3 Å². The van der Waals surface area contributed by atoms with E-state index in [0.717, 1.165) is 15.3 Å². The molecule has 1 aromatic heterocycles. The van der Waals surface area contributed by atoms with Crippen molar-refractivity contribution >= 4 is 50.8 Å². The van der Waals surface area contributed by atoms with Gasteiger partial charge in [-0.3, -0.25) is 9.59 Å². The van der Waals surface area contributed by atoms with E-state index in [9.17, 15) is 9.59 Å². The molecule has 0 atom stereocenters. The van der Waals surface area contributed by atoms with Gasteiger partial charge in [-0.25, -0.2) is 0 Å². The molecule has 0 spiro atoms. The van der Waals surface area contributed by atoms with Crippen molar-refractivity contribution in [3.63, 3.8) is 0 Å². The summed E-state index contributed by atoms with van der Waals surface area (Å²) >= 11 is 6.92. The summed E-state index contributed by atoms with van der Waals surface area (Å²) < 4.78 is 6.46. The molecule has 2 rings (SSSR count). The molecule has 0 radical (unpaired) electrons. The maximum Gasteiger partial charge on any atom is 0.251 e. The number of amides is 2. The van der Waals surface area contributed by atoms with Crippen molar-refractivity contribution < 1.29 is 14.3 Å². The van der Waals surface area contributed by atoms with Crippen LogP contribution in [0.1, 0.15) is 22.2 Å². The van der Waals surface area contributed by atoms with Crippen molar-refractivity contribution in [2.24, 2.45) is 0 Å². The molecular formula is C18H21BrN2O3S2. The molecule has 8 heteroatoms. The molecule has 2 aromatic rings. The molecule has 0 unspecified atom stereocenters. The van der Waals surface area contributed by atoms with Gasteiger partial charge in [-0.2, -0.15) is 11.8 Å². The van der Waals surface area contributed by atoms with E-state index in [4.69, 9.17) is 4.74 Å². The molecule has 0 aliphatic carbocycles. The SMILES string of the molecule is CCOc1ccc(C(=O)NCC(=O)NCCSCc2ccc(Br)s2)cc1. The molecule has 0 fully saturated rings. The van der Waals surface area contributed by atoms with Crippen LogP contribution in [0.4, 0.5) is 0 Å². The van der Waals surface area contributed by atoms with Gasteiger partial charge in [-0.1, -0.05) is 0 Å². The van der Waals surface area contributed by atoms with Crippen LogP contribution in [0.5, 0.6) is 5.75 Å². The summed E-state index contributed by atoms with van der Waals surface area (Å²) in [4.78, 5) is 25.1. The predicted octanol–water partition coefficient (Wildman–Crippen LogP) is 3.69. The third-order valence-electron chi connectivity index (χ3n) is 3.28. The molecule has 2 amide bonds. The largest absolute Gasteiger partial charge is 0.494 e. The van der Waals surface area contributed by atoms with Crippen molar-refractivity contribution in [1.29, 1.82) is 0 Å². The van der Waals surface area contributed by atoms with Gasteiger partial charge in [-0.15, -0.1) is 11.3 Å². The third kappa shape index (κ3) is 7.39. The summed E-state index contributed by atoms with van der Waals surface area (Å²) in [6.45, 7) is 3.03. The molecule has 0 aliphatic heterocycles. The Morgan fingerprint density at radius 3 is 2.58 bits per heavy atom. The smallest absolute Gasteiger partial charge is 0.251 e. The first-order valence-electron chi connectivity index (χ1n) is 8.18. The summed E-state index contributed by atoms with van der Waals surface area (Å²) in [6.07, 6.45) is 0. The van der Waals surface area contributed by atoms with Crippen molar-refractivity contribution in [3.05, 3.63) is 50.6 Å². The highest BCUT2D eigenvalue weighted by molar-refractivity contribution is 9.11. The van der Waals surface area contributed by atoms with Gasteiger partial charge < -0.3 is 15.4 Å². The van der Waals surface area contributed by atoms with E-state index in [-0.39, 0.29) is 18.4 Å². The number of rotatable bonds is 10. The molecule has 0 aliphatic rings. The first kappa shape index (κ1) is 20.8. The molecule has 140 valence electrons. The van der Waals surface area contributed by atoms with E-state index in [1.807, 2.05) is 13.0 Å². The van der Waals surface area contributed by atoms with Crippen LogP contribution in [0.15, 0.2) is 40.2 Å². The van der Waals surface area contributed by atoms with Crippen LogP contribution in [0.2, 0.25) is 0 Å². The Labute approximate surface area is 170 Å². The van der Waals surface area contributed by atoms with Crippen LogP contribution < -0.4 is 15.4 Å². The number of carbonyl (C=O) groups excluding carboxylic acids is 2. The monoisotopic (exact) mass is 456 g/mol. The molecule has 0 saturated carbocycles. The van der Waals surface area contributed by atoms with Gasteiger partial charge in [0.15, 0.2) is 0 Å². The van der Waals surface area contributed by atoms with Gasteiger partial charge in [0, 0.05) is 28.5 Å². The van der Waals surface area contributed by atoms with Gasteiger partial charge in [0.2, 0.25) is 5.91 Å². The average molecular weight is 457 g/mol. The summed E-state index contributed by atoms with van der Waals surface area (Å²) in [5.74, 6) is 2.01. The summed E-state index contributed by atoms with van der Waals surface area (Å²) in [5, 5.41) is 5.42. The maximum atomic E-state index is 12.0. The fourth-order valence-corrected chi connectivity index (χ4v) is 4.51. The highest BCUT2D eigenvalue weighted by Crippen LogP contribution is 2.25. The Morgan fingerprint density at radius 2 is 1.92 bits per heavy atom. The highest BCUT2D eigenvalue weighted by Gasteiger charge is 2.08. The topological polar surface area (TPSA) is 67.4 Å².